The summed E-state index contributed by atoms with van der Waals surface area (Å²) in [6.45, 7) is 4.22. The summed E-state index contributed by atoms with van der Waals surface area (Å²) in [5.41, 5.74) is 1.20. The summed E-state index contributed by atoms with van der Waals surface area (Å²) in [5, 5.41) is 28.1. The zero-order valence-corrected chi connectivity index (χ0v) is 17.1. The second-order valence-electron chi connectivity index (χ2n) is 5.60. The molecule has 0 aromatic heterocycles. The van der Waals surface area contributed by atoms with Crippen LogP contribution in [-0.4, -0.2) is 0 Å². The van der Waals surface area contributed by atoms with Gasteiger partial charge in [-0.2, -0.15) is 15.8 Å². The topological polar surface area (TPSA) is 71.4 Å². The van der Waals surface area contributed by atoms with Crippen molar-refractivity contribution in [1.29, 1.82) is 15.8 Å². The van der Waals surface area contributed by atoms with Gasteiger partial charge in [-0.05, 0) is 41.4 Å². The van der Waals surface area contributed by atoms with Gasteiger partial charge in [0.1, 0.15) is 17.7 Å². The number of nitriles is 3. The first kappa shape index (κ1) is 21.1. The molecule has 0 amide bonds. The van der Waals surface area contributed by atoms with Gasteiger partial charge in [0.25, 0.3) is 0 Å². The zero-order valence-electron chi connectivity index (χ0n) is 15.5. The van der Waals surface area contributed by atoms with Gasteiger partial charge in [0.2, 0.25) is 0 Å². The molecule has 0 saturated heterocycles. The van der Waals surface area contributed by atoms with Crippen molar-refractivity contribution in [3.05, 3.63) is 97.5 Å². The van der Waals surface area contributed by atoms with Crippen LogP contribution >= 0.6 is 23.5 Å². The molecular formula is C23H17N3S2. The summed E-state index contributed by atoms with van der Waals surface area (Å²) >= 11 is 3.52. The van der Waals surface area contributed by atoms with Gasteiger partial charge in [-0.1, -0.05) is 78.2 Å². The lowest BCUT2D eigenvalue weighted by molar-refractivity contribution is 1.44. The molecule has 0 saturated carbocycles. The molecule has 0 radical (unpaired) electrons. The van der Waals surface area contributed by atoms with E-state index in [9.17, 15) is 15.8 Å². The van der Waals surface area contributed by atoms with Crippen LogP contribution in [0.4, 0.5) is 0 Å². The summed E-state index contributed by atoms with van der Waals surface area (Å²) in [4.78, 5) is 2.65. The highest BCUT2D eigenvalue weighted by atomic mass is 32.2. The Balaban J connectivity index is 2.21. The molecule has 1 aromatic carbocycles. The average Bonchev–Trinajstić information content (AvgIpc) is 3.04. The lowest BCUT2D eigenvalue weighted by Gasteiger charge is -2.06. The summed E-state index contributed by atoms with van der Waals surface area (Å²) in [6, 6.07) is 14.9. The molecule has 5 heteroatoms. The first-order valence-corrected chi connectivity index (χ1v) is 10.0. The molecule has 28 heavy (non-hydrogen) atoms. The normalized spacial score (nSPS) is 14.1. The van der Waals surface area contributed by atoms with E-state index in [0.29, 0.717) is 11.1 Å². The lowest BCUT2D eigenvalue weighted by Crippen LogP contribution is -1.92. The van der Waals surface area contributed by atoms with E-state index in [2.05, 4.69) is 19.9 Å². The summed E-state index contributed by atoms with van der Waals surface area (Å²) in [7, 11) is 0. The van der Waals surface area contributed by atoms with Crippen LogP contribution in [0.1, 0.15) is 19.4 Å². The second-order valence-corrected chi connectivity index (χ2v) is 8.37. The van der Waals surface area contributed by atoms with Gasteiger partial charge in [0.05, 0.1) is 11.6 Å². The van der Waals surface area contributed by atoms with Crippen LogP contribution in [0, 0.1) is 34.0 Å². The fourth-order valence-electron chi connectivity index (χ4n) is 2.30. The van der Waals surface area contributed by atoms with Crippen LogP contribution in [-0.2, 0) is 0 Å². The van der Waals surface area contributed by atoms with E-state index in [0.717, 1.165) is 0 Å². The van der Waals surface area contributed by atoms with E-state index in [1.165, 1.54) is 14.0 Å². The van der Waals surface area contributed by atoms with Crippen LogP contribution in [0.2, 0.25) is 0 Å². The number of thioether (sulfide) groups is 2. The Bertz CT molecular complexity index is 1020. The van der Waals surface area contributed by atoms with E-state index < -0.39 is 0 Å². The van der Waals surface area contributed by atoms with Crippen molar-refractivity contribution in [1.82, 2.24) is 0 Å². The first-order chi connectivity index (χ1) is 13.6. The molecule has 1 heterocycles. The Kier molecular flexibility index (Phi) is 8.19. The largest absolute Gasteiger partial charge is 0.192 e. The Morgan fingerprint density at radius 3 is 2.00 bits per heavy atom. The zero-order chi connectivity index (χ0) is 20.4. The molecule has 0 spiro atoms. The highest BCUT2D eigenvalue weighted by molar-refractivity contribution is 8.28. The Morgan fingerprint density at radius 1 is 0.821 bits per heavy atom. The third-order valence-corrected chi connectivity index (χ3v) is 6.29. The molecule has 0 fully saturated rings. The fraction of sp³-hybridized carbons (Fsp3) is 0.0870. The number of hydrogen-bond acceptors (Lipinski definition) is 5. The second kappa shape index (κ2) is 10.9. The van der Waals surface area contributed by atoms with Crippen LogP contribution in [0.25, 0.3) is 5.57 Å². The Labute approximate surface area is 174 Å². The summed E-state index contributed by atoms with van der Waals surface area (Å²) in [6.07, 6.45) is 11.0. The molecule has 1 aromatic rings. The Hall–Kier alpha value is -3.17. The maximum absolute atomic E-state index is 9.55. The standard InChI is InChI=1S/C23H17N3S2/c1-17-18(2)28-22(27-17)13-9-4-3-6-12-20(14-24)23(21(15-25)16-26)19-10-7-5-8-11-19/h3-13H,1-2H3/b6-3+,9-4+,20-12+. The maximum atomic E-state index is 9.55. The van der Waals surface area contributed by atoms with Crippen molar-refractivity contribution < 1.29 is 0 Å². The van der Waals surface area contributed by atoms with E-state index in [-0.39, 0.29) is 11.1 Å². The van der Waals surface area contributed by atoms with Gasteiger partial charge < -0.3 is 0 Å². The molecule has 0 aliphatic carbocycles. The van der Waals surface area contributed by atoms with Gasteiger partial charge in [-0.3, -0.25) is 0 Å². The summed E-state index contributed by atoms with van der Waals surface area (Å²) < 4.78 is 1.23. The van der Waals surface area contributed by atoms with E-state index >= 15 is 0 Å². The van der Waals surface area contributed by atoms with E-state index in [1.54, 1.807) is 59.9 Å². The monoisotopic (exact) mass is 399 g/mol. The predicted molar refractivity (Wildman–Crippen MR) is 118 cm³/mol. The van der Waals surface area contributed by atoms with Gasteiger partial charge in [-0.15, -0.1) is 0 Å². The first-order valence-electron chi connectivity index (χ1n) is 8.39. The summed E-state index contributed by atoms with van der Waals surface area (Å²) in [5.74, 6) is 0. The number of allylic oxidation sites excluding steroid dienone is 11. The quantitative estimate of drug-likeness (QED) is 0.411. The van der Waals surface area contributed by atoms with Crippen LogP contribution < -0.4 is 0 Å². The smallest absolute Gasteiger partial charge is 0.138 e. The van der Waals surface area contributed by atoms with Gasteiger partial charge in [0.15, 0.2) is 0 Å². The minimum atomic E-state index is -0.0822. The van der Waals surface area contributed by atoms with E-state index in [1.807, 2.05) is 42.5 Å². The molecule has 136 valence electrons. The van der Waals surface area contributed by atoms with Crippen LogP contribution in [0.5, 0.6) is 0 Å². The third kappa shape index (κ3) is 5.66. The maximum Gasteiger partial charge on any atom is 0.138 e. The molecule has 3 nitrogen and oxygen atoms in total. The van der Waals surface area contributed by atoms with Crippen LogP contribution in [0.15, 0.2) is 92.0 Å². The highest BCUT2D eigenvalue weighted by Crippen LogP contribution is 2.48. The van der Waals surface area contributed by atoms with E-state index in [4.69, 9.17) is 0 Å². The minimum absolute atomic E-state index is 0.0822. The van der Waals surface area contributed by atoms with Crippen molar-refractivity contribution >= 4 is 29.1 Å². The predicted octanol–water partition coefficient (Wildman–Crippen LogP) is 6.62. The number of benzene rings is 1. The highest BCUT2D eigenvalue weighted by Gasteiger charge is 2.14. The Morgan fingerprint density at radius 2 is 1.43 bits per heavy atom. The van der Waals surface area contributed by atoms with Gasteiger partial charge in [-0.25, -0.2) is 0 Å². The molecule has 1 aliphatic heterocycles. The van der Waals surface area contributed by atoms with Crippen molar-refractivity contribution in [3.8, 4) is 18.2 Å². The molecule has 0 N–H and O–H groups in total. The lowest BCUT2D eigenvalue weighted by atomic mass is 9.94. The minimum Gasteiger partial charge on any atom is -0.192 e. The number of rotatable bonds is 5. The fourth-order valence-corrected chi connectivity index (χ4v) is 4.65. The molecule has 1 aliphatic rings. The third-order valence-electron chi connectivity index (χ3n) is 3.76. The molecule has 2 rings (SSSR count). The average molecular weight is 400 g/mol. The van der Waals surface area contributed by atoms with Crippen LogP contribution in [0.3, 0.4) is 0 Å². The molecule has 0 bridgehead atoms. The van der Waals surface area contributed by atoms with Gasteiger partial charge >= 0.3 is 0 Å². The molecule has 0 atom stereocenters. The molecule has 0 unspecified atom stereocenters. The number of hydrogen-bond donors (Lipinski definition) is 0. The van der Waals surface area contributed by atoms with Crippen molar-refractivity contribution in [2.24, 2.45) is 0 Å². The number of nitrogens with zero attached hydrogens (tertiary/aromatic N) is 3. The van der Waals surface area contributed by atoms with Crippen molar-refractivity contribution in [2.45, 2.75) is 13.8 Å². The van der Waals surface area contributed by atoms with Crippen molar-refractivity contribution in [3.63, 3.8) is 0 Å². The van der Waals surface area contributed by atoms with Gasteiger partial charge in [0, 0.05) is 9.81 Å². The SMILES string of the molecule is CC1=C(C)SC(=C/C=C/C=C/C=C(\C#N)C(=C(C#N)C#N)c2ccccc2)S1. The van der Waals surface area contributed by atoms with Crippen molar-refractivity contribution in [2.75, 3.05) is 0 Å². The molecular weight excluding hydrogens is 382 g/mol.